The molecular formula is C9H12ClNO. The minimum absolute atomic E-state index is 0.188. The van der Waals surface area contributed by atoms with Crippen LogP contribution in [0.5, 0.6) is 5.75 Å². The van der Waals surface area contributed by atoms with Crippen LogP contribution in [0.25, 0.3) is 0 Å². The first-order valence-electron chi connectivity index (χ1n) is 3.83. The van der Waals surface area contributed by atoms with E-state index in [1.807, 2.05) is 6.92 Å². The Kier molecular flexibility index (Phi) is 2.95. The monoisotopic (exact) mass is 185 g/mol. The van der Waals surface area contributed by atoms with Crippen LogP contribution in [0.4, 0.5) is 0 Å². The Labute approximate surface area is 77.0 Å². The summed E-state index contributed by atoms with van der Waals surface area (Å²) in [5.41, 5.74) is 6.47. The van der Waals surface area contributed by atoms with Crippen molar-refractivity contribution in [3.05, 3.63) is 28.8 Å². The smallest absolute Gasteiger partial charge is 0.117 e. The summed E-state index contributed by atoms with van der Waals surface area (Å²) in [7, 11) is 0. The van der Waals surface area contributed by atoms with Gasteiger partial charge in [-0.1, -0.05) is 24.6 Å². The van der Waals surface area contributed by atoms with E-state index >= 15 is 0 Å². The fourth-order valence-electron chi connectivity index (χ4n) is 1.04. The molecule has 0 radical (unpaired) electrons. The molecule has 0 bridgehead atoms. The van der Waals surface area contributed by atoms with Crippen molar-refractivity contribution in [2.75, 3.05) is 6.54 Å². The average Bonchev–Trinajstić information content (AvgIpc) is 2.03. The number of phenols is 1. The van der Waals surface area contributed by atoms with Crippen LogP contribution in [0.3, 0.4) is 0 Å². The molecule has 1 unspecified atom stereocenters. The summed E-state index contributed by atoms with van der Waals surface area (Å²) in [6.07, 6.45) is 0. The number of halogens is 1. The number of hydrogen-bond acceptors (Lipinski definition) is 2. The van der Waals surface area contributed by atoms with Crippen LogP contribution in [-0.2, 0) is 0 Å². The molecule has 1 atom stereocenters. The van der Waals surface area contributed by atoms with Crippen molar-refractivity contribution in [2.24, 2.45) is 5.73 Å². The molecule has 0 aromatic heterocycles. The zero-order chi connectivity index (χ0) is 9.14. The molecule has 3 heteroatoms. The first-order valence-corrected chi connectivity index (χ1v) is 4.21. The number of phenolic OH excluding ortho intramolecular Hbond substituents is 1. The first kappa shape index (κ1) is 9.36. The highest BCUT2D eigenvalue weighted by atomic mass is 35.5. The van der Waals surface area contributed by atoms with E-state index in [2.05, 4.69) is 0 Å². The third-order valence-corrected chi connectivity index (χ3v) is 2.20. The molecule has 0 spiro atoms. The van der Waals surface area contributed by atoms with Crippen molar-refractivity contribution in [3.8, 4) is 5.75 Å². The highest BCUT2D eigenvalue weighted by molar-refractivity contribution is 6.31. The van der Waals surface area contributed by atoms with Crippen molar-refractivity contribution in [2.45, 2.75) is 12.8 Å². The van der Waals surface area contributed by atoms with E-state index in [0.717, 1.165) is 5.56 Å². The molecule has 1 aromatic rings. The Hall–Kier alpha value is -0.730. The second-order valence-electron chi connectivity index (χ2n) is 2.84. The average molecular weight is 186 g/mol. The van der Waals surface area contributed by atoms with Crippen LogP contribution in [0.1, 0.15) is 18.4 Å². The molecule has 0 saturated heterocycles. The standard InChI is InChI=1S/C9H12ClNO/c1-6(5-11)8-3-2-7(12)4-9(8)10/h2-4,6,12H,5,11H2,1H3. The maximum Gasteiger partial charge on any atom is 0.117 e. The molecule has 0 aliphatic rings. The quantitative estimate of drug-likeness (QED) is 0.742. The molecule has 0 saturated carbocycles. The summed E-state index contributed by atoms with van der Waals surface area (Å²) in [6.45, 7) is 2.56. The molecule has 0 fully saturated rings. The van der Waals surface area contributed by atoms with E-state index in [9.17, 15) is 0 Å². The van der Waals surface area contributed by atoms with Gasteiger partial charge in [-0.15, -0.1) is 0 Å². The number of nitrogens with two attached hydrogens (primary N) is 1. The van der Waals surface area contributed by atoms with Crippen LogP contribution in [0, 0.1) is 0 Å². The van der Waals surface area contributed by atoms with E-state index in [4.69, 9.17) is 22.4 Å². The van der Waals surface area contributed by atoms with Gasteiger partial charge in [-0.05, 0) is 30.2 Å². The molecule has 0 aliphatic carbocycles. The summed E-state index contributed by atoms with van der Waals surface area (Å²) < 4.78 is 0. The van der Waals surface area contributed by atoms with Gasteiger partial charge in [-0.2, -0.15) is 0 Å². The van der Waals surface area contributed by atoms with Gasteiger partial charge in [0, 0.05) is 5.02 Å². The maximum atomic E-state index is 9.08. The Balaban J connectivity index is 3.01. The molecule has 0 heterocycles. The van der Waals surface area contributed by atoms with Gasteiger partial charge in [-0.3, -0.25) is 0 Å². The van der Waals surface area contributed by atoms with Gasteiger partial charge in [0.1, 0.15) is 5.75 Å². The van der Waals surface area contributed by atoms with Crippen LogP contribution in [0.15, 0.2) is 18.2 Å². The Morgan fingerprint density at radius 2 is 2.25 bits per heavy atom. The van der Waals surface area contributed by atoms with Crippen LogP contribution in [-0.4, -0.2) is 11.7 Å². The van der Waals surface area contributed by atoms with Gasteiger partial charge < -0.3 is 10.8 Å². The normalized spacial score (nSPS) is 12.9. The van der Waals surface area contributed by atoms with Gasteiger partial charge >= 0.3 is 0 Å². The number of benzene rings is 1. The van der Waals surface area contributed by atoms with Crippen molar-refractivity contribution >= 4 is 11.6 Å². The van der Waals surface area contributed by atoms with E-state index in [1.54, 1.807) is 12.1 Å². The summed E-state index contributed by atoms with van der Waals surface area (Å²) in [5.74, 6) is 0.422. The fraction of sp³-hybridized carbons (Fsp3) is 0.333. The lowest BCUT2D eigenvalue weighted by Crippen LogP contribution is -2.09. The van der Waals surface area contributed by atoms with Gasteiger partial charge in [0.2, 0.25) is 0 Å². The van der Waals surface area contributed by atoms with Crippen molar-refractivity contribution in [1.82, 2.24) is 0 Å². The highest BCUT2D eigenvalue weighted by Crippen LogP contribution is 2.26. The van der Waals surface area contributed by atoms with Crippen molar-refractivity contribution < 1.29 is 5.11 Å². The summed E-state index contributed by atoms with van der Waals surface area (Å²) >= 11 is 5.89. The van der Waals surface area contributed by atoms with Crippen LogP contribution < -0.4 is 5.73 Å². The van der Waals surface area contributed by atoms with E-state index in [1.165, 1.54) is 6.07 Å². The molecule has 2 nitrogen and oxygen atoms in total. The van der Waals surface area contributed by atoms with E-state index in [0.29, 0.717) is 11.6 Å². The molecule has 1 rings (SSSR count). The highest BCUT2D eigenvalue weighted by Gasteiger charge is 2.07. The lowest BCUT2D eigenvalue weighted by atomic mass is 10.0. The Morgan fingerprint density at radius 1 is 1.58 bits per heavy atom. The molecule has 3 N–H and O–H groups in total. The van der Waals surface area contributed by atoms with Crippen molar-refractivity contribution in [3.63, 3.8) is 0 Å². The number of hydrogen-bond donors (Lipinski definition) is 2. The fourth-order valence-corrected chi connectivity index (χ4v) is 1.40. The van der Waals surface area contributed by atoms with Gasteiger partial charge in [0.05, 0.1) is 0 Å². The lowest BCUT2D eigenvalue weighted by molar-refractivity contribution is 0.475. The van der Waals surface area contributed by atoms with Gasteiger partial charge in [0.15, 0.2) is 0 Å². The Bertz CT molecular complexity index is 275. The molecule has 1 aromatic carbocycles. The number of rotatable bonds is 2. The van der Waals surface area contributed by atoms with Gasteiger partial charge in [0.25, 0.3) is 0 Å². The predicted octanol–water partition coefficient (Wildman–Crippen LogP) is 2.11. The molecule has 12 heavy (non-hydrogen) atoms. The van der Waals surface area contributed by atoms with Crippen LogP contribution in [0.2, 0.25) is 5.02 Å². The third kappa shape index (κ3) is 1.90. The zero-order valence-electron chi connectivity index (χ0n) is 6.92. The molecule has 0 aliphatic heterocycles. The molecular weight excluding hydrogens is 174 g/mol. The SMILES string of the molecule is CC(CN)c1ccc(O)cc1Cl. The molecule has 66 valence electrons. The maximum absolute atomic E-state index is 9.08. The minimum atomic E-state index is 0.188. The minimum Gasteiger partial charge on any atom is -0.508 e. The predicted molar refractivity (Wildman–Crippen MR) is 50.6 cm³/mol. The largest absolute Gasteiger partial charge is 0.508 e. The third-order valence-electron chi connectivity index (χ3n) is 1.87. The Morgan fingerprint density at radius 3 is 2.75 bits per heavy atom. The van der Waals surface area contributed by atoms with E-state index in [-0.39, 0.29) is 11.7 Å². The lowest BCUT2D eigenvalue weighted by Gasteiger charge is -2.10. The first-order chi connectivity index (χ1) is 5.65. The van der Waals surface area contributed by atoms with E-state index < -0.39 is 0 Å². The van der Waals surface area contributed by atoms with Crippen molar-refractivity contribution in [1.29, 1.82) is 0 Å². The topological polar surface area (TPSA) is 46.2 Å². The van der Waals surface area contributed by atoms with Gasteiger partial charge in [-0.25, -0.2) is 0 Å². The summed E-state index contributed by atoms with van der Waals surface area (Å²) in [4.78, 5) is 0. The summed E-state index contributed by atoms with van der Waals surface area (Å²) in [5, 5.41) is 9.65. The second-order valence-corrected chi connectivity index (χ2v) is 3.25. The number of aromatic hydroxyl groups is 1. The molecule has 0 amide bonds. The summed E-state index contributed by atoms with van der Waals surface area (Å²) in [6, 6.07) is 4.95. The zero-order valence-corrected chi connectivity index (χ0v) is 7.67. The second kappa shape index (κ2) is 3.78. The van der Waals surface area contributed by atoms with Crippen LogP contribution >= 0.6 is 11.6 Å².